The standard InChI is InChI=1S/C17H24N3O2.C2H3.2ClH.Ru/c1-10(2)14-8-21-16(19-14)12-6-5-7-13(18-12)17-20-15(9-22-17)11(3)4;1-2;;;/h5-7,10-12,14-15H,8-9H2,1-4H3;1H,2H2;2*1H;/q2*-1;;;+4/p-2/t12?,14-,15-;;;;/m0..../s1. The summed E-state index contributed by atoms with van der Waals surface area (Å²) < 4.78 is 11.4. The van der Waals surface area contributed by atoms with Crippen molar-refractivity contribution in [3.63, 3.8) is 0 Å². The van der Waals surface area contributed by atoms with Crippen molar-refractivity contribution < 1.29 is 24.6 Å². The van der Waals surface area contributed by atoms with Crippen molar-refractivity contribution in [1.29, 1.82) is 0 Å². The third kappa shape index (κ3) is 7.25. The Morgan fingerprint density at radius 1 is 1.11 bits per heavy atom. The Morgan fingerprint density at radius 3 is 2.19 bits per heavy atom. The number of hydrogen-bond donors (Lipinski definition) is 0. The maximum atomic E-state index is 5.73. The number of aliphatic imine (C=N–C) groups is 2. The van der Waals surface area contributed by atoms with Crippen LogP contribution in [0.3, 0.4) is 0 Å². The van der Waals surface area contributed by atoms with E-state index in [1.165, 1.54) is 0 Å². The van der Waals surface area contributed by atoms with Crippen LogP contribution < -0.4 is 0 Å². The average Bonchev–Trinajstić information content (AvgIpc) is 3.34. The van der Waals surface area contributed by atoms with Gasteiger partial charge >= 0.3 is 34.5 Å². The average molecular weight is 501 g/mol. The predicted octanol–water partition coefficient (Wildman–Crippen LogP) is 5.07. The molecule has 3 aliphatic heterocycles. The van der Waals surface area contributed by atoms with Crippen molar-refractivity contribution in [1.82, 2.24) is 0 Å². The summed E-state index contributed by atoms with van der Waals surface area (Å²) in [7, 11) is 9.71. The Bertz CT molecular complexity index is 592. The van der Waals surface area contributed by atoms with Crippen LogP contribution in [0.1, 0.15) is 27.7 Å². The van der Waals surface area contributed by atoms with E-state index < -0.39 is 0 Å². The molecule has 0 fully saturated rings. The van der Waals surface area contributed by atoms with Crippen LogP contribution in [0.4, 0.5) is 0 Å². The second-order valence-corrected chi connectivity index (χ2v) is 9.35. The van der Waals surface area contributed by atoms with Gasteiger partial charge in [-0.2, -0.15) is 0 Å². The van der Waals surface area contributed by atoms with E-state index in [0.29, 0.717) is 36.8 Å². The van der Waals surface area contributed by atoms with Gasteiger partial charge in [0.25, 0.3) is 0 Å². The summed E-state index contributed by atoms with van der Waals surface area (Å²) in [5, 5.41) is 4.70. The summed E-state index contributed by atoms with van der Waals surface area (Å²) in [6, 6.07) is 0.298. The van der Waals surface area contributed by atoms with Gasteiger partial charge in [-0.1, -0.05) is 51.6 Å². The molecule has 0 radical (unpaired) electrons. The molecule has 0 aromatic heterocycles. The molecule has 3 aliphatic rings. The van der Waals surface area contributed by atoms with Crippen molar-refractivity contribution in [3.05, 3.63) is 42.4 Å². The molecule has 0 bridgehead atoms. The van der Waals surface area contributed by atoms with Crippen LogP contribution in [-0.4, -0.2) is 43.1 Å². The topological polar surface area (TPSA) is 57.3 Å². The summed E-state index contributed by atoms with van der Waals surface area (Å²) in [6.45, 7) is 16.9. The number of hydrogen-bond acceptors (Lipinski definition) is 4. The number of allylic oxidation sites excluding steroid dienone is 2. The van der Waals surface area contributed by atoms with E-state index in [4.69, 9.17) is 34.2 Å². The molecule has 3 atom stereocenters. The quantitative estimate of drug-likeness (QED) is 0.399. The molecular weight excluding hydrogens is 474 g/mol. The molecule has 152 valence electrons. The Labute approximate surface area is 178 Å². The number of halogens is 2. The van der Waals surface area contributed by atoms with E-state index >= 15 is 0 Å². The SMILES string of the molecule is CC(C)[C@@H]1COC(C2=CC=CC(C3=N[C@H](C(C)C)CO3)[N-]2)=N1.[CH-]=C.[Cl][Ru+2][Cl]. The Kier molecular flexibility index (Phi) is 11.3. The fourth-order valence-corrected chi connectivity index (χ4v) is 2.53. The molecule has 0 saturated heterocycles. The number of rotatable bonds is 4. The van der Waals surface area contributed by atoms with E-state index in [-0.39, 0.29) is 33.3 Å². The molecule has 0 spiro atoms. The molecule has 0 aromatic rings. The fourth-order valence-electron chi connectivity index (χ4n) is 2.53. The second-order valence-electron chi connectivity index (χ2n) is 6.71. The van der Waals surface area contributed by atoms with Gasteiger partial charge in [-0.15, -0.1) is 0 Å². The van der Waals surface area contributed by atoms with Gasteiger partial charge in [0.1, 0.15) is 13.2 Å². The van der Waals surface area contributed by atoms with E-state index in [0.717, 1.165) is 5.70 Å². The summed E-state index contributed by atoms with van der Waals surface area (Å²) >= 11 is -0.346. The molecule has 8 heteroatoms. The molecule has 0 amide bonds. The van der Waals surface area contributed by atoms with Crippen LogP contribution in [0.25, 0.3) is 5.32 Å². The fraction of sp³-hybridized carbons (Fsp3) is 0.579. The minimum atomic E-state index is -0.346. The van der Waals surface area contributed by atoms with Gasteiger partial charge in [0.05, 0.1) is 12.1 Å². The van der Waals surface area contributed by atoms with Gasteiger partial charge in [-0.05, 0) is 17.9 Å². The van der Waals surface area contributed by atoms with E-state index in [1.54, 1.807) is 0 Å². The predicted molar refractivity (Wildman–Crippen MR) is 110 cm³/mol. The monoisotopic (exact) mass is 501 g/mol. The first-order valence-electron chi connectivity index (χ1n) is 8.73. The summed E-state index contributed by atoms with van der Waals surface area (Å²) in [5.74, 6) is 2.31. The zero-order valence-electron chi connectivity index (χ0n) is 16.1. The minimum absolute atomic E-state index is 0.159. The van der Waals surface area contributed by atoms with E-state index in [9.17, 15) is 0 Å². The first-order chi connectivity index (χ1) is 13.0. The molecular formula is C19H27Cl2N3O2Ru. The Morgan fingerprint density at radius 2 is 1.67 bits per heavy atom. The first-order valence-corrected chi connectivity index (χ1v) is 13.2. The molecule has 27 heavy (non-hydrogen) atoms. The van der Waals surface area contributed by atoms with Gasteiger partial charge in [0.15, 0.2) is 11.8 Å². The first kappa shape index (κ1) is 24.2. The second kappa shape index (κ2) is 12.6. The normalized spacial score (nSPS) is 25.8. The van der Waals surface area contributed by atoms with E-state index in [1.807, 2.05) is 18.2 Å². The van der Waals surface area contributed by atoms with Crippen molar-refractivity contribution in [2.24, 2.45) is 21.8 Å². The third-order valence-electron chi connectivity index (χ3n) is 4.21. The Balaban J connectivity index is 0.000000665. The van der Waals surface area contributed by atoms with Crippen LogP contribution >= 0.6 is 19.4 Å². The van der Waals surface area contributed by atoms with Gasteiger partial charge in [-0.3, -0.25) is 6.58 Å². The van der Waals surface area contributed by atoms with Gasteiger partial charge in [0, 0.05) is 0 Å². The third-order valence-corrected chi connectivity index (χ3v) is 4.21. The van der Waals surface area contributed by atoms with Crippen molar-refractivity contribution in [2.45, 2.75) is 45.8 Å². The zero-order valence-corrected chi connectivity index (χ0v) is 19.3. The van der Waals surface area contributed by atoms with Crippen LogP contribution in [-0.2, 0) is 24.6 Å². The molecule has 3 heterocycles. The van der Waals surface area contributed by atoms with Crippen LogP contribution in [0, 0.1) is 18.4 Å². The number of ether oxygens (including phenoxy) is 2. The van der Waals surface area contributed by atoms with Crippen LogP contribution in [0.2, 0.25) is 0 Å². The van der Waals surface area contributed by atoms with Gasteiger partial charge < -0.3 is 21.4 Å². The van der Waals surface area contributed by atoms with Gasteiger partial charge in [-0.25, -0.2) is 9.98 Å². The Hall–Kier alpha value is -0.837. The van der Waals surface area contributed by atoms with Crippen LogP contribution in [0.15, 0.2) is 40.5 Å². The van der Waals surface area contributed by atoms with Crippen molar-refractivity contribution >= 4 is 31.2 Å². The van der Waals surface area contributed by atoms with E-state index in [2.05, 4.69) is 50.8 Å². The summed E-state index contributed by atoms with van der Waals surface area (Å²) in [4.78, 5) is 9.29. The number of nitrogens with zero attached hydrogens (tertiary/aromatic N) is 3. The zero-order chi connectivity index (χ0) is 20.4. The molecule has 0 aromatic carbocycles. The van der Waals surface area contributed by atoms with Crippen molar-refractivity contribution in [3.8, 4) is 0 Å². The molecule has 1 unspecified atom stereocenters. The van der Waals surface area contributed by atoms with Crippen LogP contribution in [0.5, 0.6) is 0 Å². The molecule has 0 N–H and O–H groups in total. The maximum absolute atomic E-state index is 5.73. The molecule has 5 nitrogen and oxygen atoms in total. The summed E-state index contributed by atoms with van der Waals surface area (Å²) in [5.41, 5.74) is 0.787. The molecule has 0 saturated carbocycles. The van der Waals surface area contributed by atoms with Crippen molar-refractivity contribution in [2.75, 3.05) is 13.2 Å². The van der Waals surface area contributed by atoms with Gasteiger partial charge in [0.2, 0.25) is 0 Å². The molecule has 0 aliphatic carbocycles. The molecule has 3 rings (SSSR count). The summed E-state index contributed by atoms with van der Waals surface area (Å²) in [6.07, 6.45) is 5.92.